The van der Waals surface area contributed by atoms with Crippen LogP contribution in [0.4, 0.5) is 5.69 Å². The van der Waals surface area contributed by atoms with Crippen molar-refractivity contribution in [3.63, 3.8) is 0 Å². The number of rotatable bonds is 5. The van der Waals surface area contributed by atoms with E-state index < -0.39 is 0 Å². The first kappa shape index (κ1) is 20.4. The molecule has 2 fully saturated rings. The van der Waals surface area contributed by atoms with Gasteiger partial charge in [0.2, 0.25) is 5.91 Å². The maximum absolute atomic E-state index is 12.6. The molecule has 1 aliphatic heterocycles. The number of fused-ring (bicyclic) bond motifs is 1. The van der Waals surface area contributed by atoms with Crippen molar-refractivity contribution in [1.82, 2.24) is 14.5 Å². The van der Waals surface area contributed by atoms with Gasteiger partial charge >= 0.3 is 0 Å². The summed E-state index contributed by atoms with van der Waals surface area (Å²) in [5, 5.41) is 3.15. The van der Waals surface area contributed by atoms with Gasteiger partial charge in [-0.3, -0.25) is 9.69 Å². The number of imidazole rings is 1. The normalized spacial score (nSPS) is 19.6. The maximum atomic E-state index is 12.6. The lowest BCUT2D eigenvalue weighted by atomic mass is 9.88. The quantitative estimate of drug-likeness (QED) is 0.725. The van der Waals surface area contributed by atoms with Crippen molar-refractivity contribution >= 4 is 22.6 Å². The first-order valence-corrected chi connectivity index (χ1v) is 11.7. The number of amides is 1. The van der Waals surface area contributed by atoms with Crippen molar-refractivity contribution in [3.8, 4) is 0 Å². The first-order valence-electron chi connectivity index (χ1n) is 11.7. The van der Waals surface area contributed by atoms with Crippen LogP contribution in [0.5, 0.6) is 0 Å². The second-order valence-corrected chi connectivity index (χ2v) is 9.21. The summed E-state index contributed by atoms with van der Waals surface area (Å²) in [6.45, 7) is 7.71. The molecule has 1 saturated carbocycles. The molecule has 29 heavy (non-hydrogen) atoms. The van der Waals surface area contributed by atoms with E-state index >= 15 is 0 Å². The Morgan fingerprint density at radius 1 is 1.07 bits per heavy atom. The van der Waals surface area contributed by atoms with Crippen molar-refractivity contribution in [1.29, 1.82) is 0 Å². The third kappa shape index (κ3) is 4.82. The van der Waals surface area contributed by atoms with E-state index in [1.807, 2.05) is 6.07 Å². The third-order valence-electron chi connectivity index (χ3n) is 6.59. The molecule has 0 bridgehead atoms. The van der Waals surface area contributed by atoms with E-state index in [0.717, 1.165) is 36.4 Å². The summed E-state index contributed by atoms with van der Waals surface area (Å²) < 4.78 is 2.37. The van der Waals surface area contributed by atoms with Gasteiger partial charge in [0.1, 0.15) is 5.82 Å². The standard InChI is InChI=1S/C24H36N4O/c1-18(2)28-22-13-12-20(25-24(29)19-10-6-5-7-11-19)16-21(22)26-23(28)17-27-14-8-3-4-9-15-27/h12-13,16,18-19H,3-11,14-15,17H2,1-2H3,(H,25,29). The number of benzene rings is 1. The van der Waals surface area contributed by atoms with E-state index in [0.29, 0.717) is 6.04 Å². The highest BCUT2D eigenvalue weighted by Gasteiger charge is 2.22. The Morgan fingerprint density at radius 2 is 1.76 bits per heavy atom. The Bertz CT molecular complexity index is 827. The molecule has 2 aliphatic rings. The van der Waals surface area contributed by atoms with Gasteiger partial charge < -0.3 is 9.88 Å². The van der Waals surface area contributed by atoms with E-state index in [9.17, 15) is 4.79 Å². The van der Waals surface area contributed by atoms with Gasteiger partial charge in [-0.15, -0.1) is 0 Å². The number of hydrogen-bond donors (Lipinski definition) is 1. The van der Waals surface area contributed by atoms with Crippen LogP contribution in [0, 0.1) is 5.92 Å². The molecule has 0 spiro atoms. The number of carbonyl (C=O) groups excluding carboxylic acids is 1. The predicted molar refractivity (Wildman–Crippen MR) is 119 cm³/mol. The summed E-state index contributed by atoms with van der Waals surface area (Å²) in [5.41, 5.74) is 3.04. The predicted octanol–water partition coefficient (Wildman–Crippen LogP) is 5.51. The molecule has 0 radical (unpaired) electrons. The summed E-state index contributed by atoms with van der Waals surface area (Å²) in [4.78, 5) is 20.2. The third-order valence-corrected chi connectivity index (χ3v) is 6.59. The van der Waals surface area contributed by atoms with Gasteiger partial charge in [-0.05, 0) is 70.8 Å². The molecule has 5 heteroatoms. The van der Waals surface area contributed by atoms with Crippen LogP contribution in [0.3, 0.4) is 0 Å². The summed E-state index contributed by atoms with van der Waals surface area (Å²) in [6.07, 6.45) is 10.9. The summed E-state index contributed by atoms with van der Waals surface area (Å²) in [5.74, 6) is 1.50. The van der Waals surface area contributed by atoms with Crippen molar-refractivity contribution < 1.29 is 4.79 Å². The van der Waals surface area contributed by atoms with Crippen molar-refractivity contribution in [2.24, 2.45) is 5.92 Å². The zero-order valence-electron chi connectivity index (χ0n) is 18.1. The Kier molecular flexibility index (Phi) is 6.53. The fourth-order valence-electron chi connectivity index (χ4n) is 5.02. The van der Waals surface area contributed by atoms with Crippen molar-refractivity contribution in [2.75, 3.05) is 18.4 Å². The molecule has 1 aromatic heterocycles. The molecule has 158 valence electrons. The maximum Gasteiger partial charge on any atom is 0.227 e. The van der Waals surface area contributed by atoms with Crippen LogP contribution in [0.25, 0.3) is 11.0 Å². The average Bonchev–Trinajstić information content (AvgIpc) is 2.87. The van der Waals surface area contributed by atoms with Gasteiger partial charge in [0, 0.05) is 17.6 Å². The van der Waals surface area contributed by atoms with Gasteiger partial charge in [-0.1, -0.05) is 32.1 Å². The minimum atomic E-state index is 0.172. The Hall–Kier alpha value is -1.88. The van der Waals surface area contributed by atoms with Crippen molar-refractivity contribution in [3.05, 3.63) is 24.0 Å². The lowest BCUT2D eigenvalue weighted by molar-refractivity contribution is -0.120. The van der Waals surface area contributed by atoms with Crippen LogP contribution >= 0.6 is 0 Å². The highest BCUT2D eigenvalue weighted by molar-refractivity contribution is 5.94. The van der Waals surface area contributed by atoms with Crippen LogP contribution < -0.4 is 5.32 Å². The van der Waals surface area contributed by atoms with Gasteiger partial charge in [-0.2, -0.15) is 0 Å². The van der Waals surface area contributed by atoms with Crippen molar-refractivity contribution in [2.45, 2.75) is 84.2 Å². The molecule has 0 unspecified atom stereocenters. The highest BCUT2D eigenvalue weighted by atomic mass is 16.1. The highest BCUT2D eigenvalue weighted by Crippen LogP contribution is 2.28. The Morgan fingerprint density at radius 3 is 2.45 bits per heavy atom. The van der Waals surface area contributed by atoms with E-state index in [1.165, 1.54) is 63.6 Å². The van der Waals surface area contributed by atoms with Crippen LogP contribution in [0.15, 0.2) is 18.2 Å². The molecule has 1 aromatic carbocycles. The number of nitrogens with zero attached hydrogens (tertiary/aromatic N) is 3. The molecule has 5 nitrogen and oxygen atoms in total. The van der Waals surface area contributed by atoms with Gasteiger partial charge in [0.05, 0.1) is 17.6 Å². The topological polar surface area (TPSA) is 50.2 Å². The Labute approximate surface area is 174 Å². The van der Waals surface area contributed by atoms with Crippen LogP contribution in [0.1, 0.15) is 83.5 Å². The van der Waals surface area contributed by atoms with E-state index in [4.69, 9.17) is 4.98 Å². The number of nitrogens with one attached hydrogen (secondary N) is 1. The van der Waals surface area contributed by atoms with Gasteiger partial charge in [0.15, 0.2) is 0 Å². The summed E-state index contributed by atoms with van der Waals surface area (Å²) in [7, 11) is 0. The Balaban J connectivity index is 1.55. The first-order chi connectivity index (χ1) is 14.1. The van der Waals surface area contributed by atoms with Gasteiger partial charge in [-0.25, -0.2) is 4.98 Å². The number of hydrogen-bond acceptors (Lipinski definition) is 3. The van der Waals surface area contributed by atoms with E-state index in [1.54, 1.807) is 0 Å². The van der Waals surface area contributed by atoms with Crippen LogP contribution in [-0.4, -0.2) is 33.4 Å². The van der Waals surface area contributed by atoms with Crippen LogP contribution in [-0.2, 0) is 11.3 Å². The molecule has 1 saturated heterocycles. The molecule has 1 amide bonds. The molecule has 2 heterocycles. The second kappa shape index (κ2) is 9.29. The molecular formula is C24H36N4O. The second-order valence-electron chi connectivity index (χ2n) is 9.21. The fourth-order valence-corrected chi connectivity index (χ4v) is 5.02. The zero-order valence-corrected chi connectivity index (χ0v) is 18.1. The van der Waals surface area contributed by atoms with E-state index in [2.05, 4.69) is 40.8 Å². The molecule has 1 aliphatic carbocycles. The van der Waals surface area contributed by atoms with Gasteiger partial charge in [0.25, 0.3) is 0 Å². The number of likely N-dealkylation sites (tertiary alicyclic amines) is 1. The molecule has 1 N–H and O–H groups in total. The minimum Gasteiger partial charge on any atom is -0.326 e. The minimum absolute atomic E-state index is 0.172. The SMILES string of the molecule is CC(C)n1c(CN2CCCCCC2)nc2cc(NC(=O)C3CCCCC3)ccc21. The molecule has 0 atom stereocenters. The van der Waals surface area contributed by atoms with E-state index in [-0.39, 0.29) is 11.8 Å². The average molecular weight is 397 g/mol. The lowest BCUT2D eigenvalue weighted by Crippen LogP contribution is -2.26. The fraction of sp³-hybridized carbons (Fsp3) is 0.667. The number of aromatic nitrogens is 2. The number of carbonyl (C=O) groups is 1. The number of anilines is 1. The summed E-state index contributed by atoms with van der Waals surface area (Å²) >= 11 is 0. The largest absolute Gasteiger partial charge is 0.326 e. The zero-order chi connectivity index (χ0) is 20.2. The summed E-state index contributed by atoms with van der Waals surface area (Å²) in [6, 6.07) is 6.59. The smallest absolute Gasteiger partial charge is 0.227 e. The van der Waals surface area contributed by atoms with Crippen LogP contribution in [0.2, 0.25) is 0 Å². The molecular weight excluding hydrogens is 360 g/mol. The molecule has 2 aromatic rings. The monoisotopic (exact) mass is 396 g/mol. The lowest BCUT2D eigenvalue weighted by Gasteiger charge is -2.21. The molecule has 4 rings (SSSR count).